The molecule has 0 amide bonds. The van der Waals surface area contributed by atoms with Crippen LogP contribution in [0, 0.1) is 0 Å². The van der Waals surface area contributed by atoms with Crippen molar-refractivity contribution in [3.05, 3.63) is 204 Å². The third-order valence-electron chi connectivity index (χ3n) is 10.9. The van der Waals surface area contributed by atoms with Gasteiger partial charge in [-0.25, -0.2) is 0 Å². The van der Waals surface area contributed by atoms with Gasteiger partial charge in [0.2, 0.25) is 0 Å². The molecule has 0 fully saturated rings. The van der Waals surface area contributed by atoms with Crippen molar-refractivity contribution < 1.29 is 9.47 Å². The number of para-hydroxylation sites is 4. The monoisotopic (exact) mass is 668 g/mol. The summed E-state index contributed by atoms with van der Waals surface area (Å²) in [5.74, 6) is 3.39. The van der Waals surface area contributed by atoms with E-state index in [1.165, 1.54) is 21.8 Å². The zero-order chi connectivity index (χ0) is 34.2. The van der Waals surface area contributed by atoms with E-state index in [1.54, 1.807) is 0 Å². The first-order valence-electron chi connectivity index (χ1n) is 17.8. The molecule has 0 unspecified atom stereocenters. The number of aromatic nitrogens is 1. The van der Waals surface area contributed by atoms with Crippen molar-refractivity contribution in [2.75, 3.05) is 6.54 Å². The molecule has 0 saturated heterocycles. The lowest BCUT2D eigenvalue weighted by molar-refractivity contribution is 0.399. The van der Waals surface area contributed by atoms with Crippen molar-refractivity contribution in [1.82, 2.24) is 9.88 Å². The topological polar surface area (TPSA) is 35.4 Å². The lowest BCUT2D eigenvalue weighted by Crippen LogP contribution is -2.37. The molecule has 0 aliphatic carbocycles. The summed E-state index contributed by atoms with van der Waals surface area (Å²) in [5, 5.41) is 5.98. The van der Waals surface area contributed by atoms with Gasteiger partial charge in [-0.15, -0.1) is 0 Å². The third-order valence-corrected chi connectivity index (χ3v) is 10.9. The predicted molar refractivity (Wildman–Crippen MR) is 210 cm³/mol. The molecule has 3 aliphatic heterocycles. The van der Waals surface area contributed by atoms with Gasteiger partial charge in [0.25, 0.3) is 0 Å². The Morgan fingerprint density at radius 2 is 1.12 bits per heavy atom. The van der Waals surface area contributed by atoms with Gasteiger partial charge < -0.3 is 19.4 Å². The fraction of sp³-hybridized carbons (Fsp3) is 0.0417. The number of fused-ring (bicyclic) bond motifs is 11. The first-order chi connectivity index (χ1) is 25.8. The number of dihydropyridines is 1. The lowest BCUT2D eigenvalue weighted by Gasteiger charge is -2.45. The van der Waals surface area contributed by atoms with Crippen molar-refractivity contribution in [2.24, 2.45) is 0 Å². The van der Waals surface area contributed by atoms with Crippen LogP contribution >= 0.6 is 0 Å². The highest BCUT2D eigenvalue weighted by molar-refractivity contribution is 6.10. The number of benzene rings is 7. The Labute approximate surface area is 301 Å². The molecular formula is C48H32N2O2. The van der Waals surface area contributed by atoms with Crippen LogP contribution in [0.2, 0.25) is 0 Å². The molecule has 4 heterocycles. The Kier molecular flexibility index (Phi) is 6.20. The van der Waals surface area contributed by atoms with Gasteiger partial charge in [0.05, 0.1) is 16.4 Å². The van der Waals surface area contributed by atoms with Crippen LogP contribution in [0.15, 0.2) is 176 Å². The molecular weight excluding hydrogens is 637 g/mol. The van der Waals surface area contributed by atoms with Crippen LogP contribution in [0.1, 0.15) is 27.8 Å². The standard InChI is InChI=1S/C48H32N2O2/c1-2-12-34(13-3-1)50-42-18-7-4-14-35(42)36-28-31(22-25-43(36)50)32-23-26-46-40(29-32)48(37-15-5-8-19-44(37)51-45-20-9-6-16-38(45)48)39-24-21-33(30-47(39)52-46)41-17-10-11-27-49-41/h1-26,28-30,49H,27H2. The summed E-state index contributed by atoms with van der Waals surface area (Å²) >= 11 is 0. The van der Waals surface area contributed by atoms with E-state index in [-0.39, 0.29) is 0 Å². The van der Waals surface area contributed by atoms with Crippen molar-refractivity contribution in [2.45, 2.75) is 5.41 Å². The quantitative estimate of drug-likeness (QED) is 0.204. The Hall–Kier alpha value is -6.78. The highest BCUT2D eigenvalue weighted by Gasteiger charge is 2.50. The zero-order valence-corrected chi connectivity index (χ0v) is 28.2. The molecule has 11 rings (SSSR count). The minimum atomic E-state index is -0.676. The molecule has 0 atom stereocenters. The first kappa shape index (κ1) is 29.0. The molecule has 0 saturated carbocycles. The van der Waals surface area contributed by atoms with Gasteiger partial charge in [-0.05, 0) is 77.9 Å². The predicted octanol–water partition coefficient (Wildman–Crippen LogP) is 11.5. The summed E-state index contributed by atoms with van der Waals surface area (Å²) in [6.45, 7) is 0.802. The Morgan fingerprint density at radius 1 is 0.481 bits per heavy atom. The zero-order valence-electron chi connectivity index (χ0n) is 28.2. The van der Waals surface area contributed by atoms with Crippen molar-refractivity contribution in [3.63, 3.8) is 0 Å². The molecule has 4 nitrogen and oxygen atoms in total. The van der Waals surface area contributed by atoms with Gasteiger partial charge in [0.1, 0.15) is 23.0 Å². The number of hydrogen-bond donors (Lipinski definition) is 1. The van der Waals surface area contributed by atoms with Crippen LogP contribution in [0.4, 0.5) is 0 Å². The highest BCUT2D eigenvalue weighted by Crippen LogP contribution is 2.62. The summed E-state index contributed by atoms with van der Waals surface area (Å²) in [6, 6.07) is 56.5. The fourth-order valence-electron chi connectivity index (χ4n) is 8.68. The summed E-state index contributed by atoms with van der Waals surface area (Å²) in [5.41, 5.74) is 11.7. The number of hydrogen-bond acceptors (Lipinski definition) is 3. The second kappa shape index (κ2) is 11.1. The molecule has 246 valence electrons. The maximum absolute atomic E-state index is 6.92. The molecule has 1 aromatic heterocycles. The third kappa shape index (κ3) is 4.09. The molecule has 52 heavy (non-hydrogen) atoms. The molecule has 0 radical (unpaired) electrons. The number of rotatable bonds is 3. The van der Waals surface area contributed by atoms with Gasteiger partial charge in [-0.1, -0.05) is 109 Å². The molecule has 8 aromatic rings. The lowest BCUT2D eigenvalue weighted by atomic mass is 9.62. The molecule has 3 aliphatic rings. The minimum absolute atomic E-state index is 0.676. The van der Waals surface area contributed by atoms with E-state index in [0.717, 1.165) is 79.9 Å². The van der Waals surface area contributed by atoms with Gasteiger partial charge in [-0.3, -0.25) is 0 Å². The van der Waals surface area contributed by atoms with E-state index in [2.05, 4.69) is 186 Å². The van der Waals surface area contributed by atoms with Crippen molar-refractivity contribution >= 4 is 27.5 Å². The van der Waals surface area contributed by atoms with Crippen LogP contribution < -0.4 is 14.8 Å². The summed E-state index contributed by atoms with van der Waals surface area (Å²) in [6.07, 6.45) is 6.35. The van der Waals surface area contributed by atoms with Gasteiger partial charge >= 0.3 is 0 Å². The second-order valence-electron chi connectivity index (χ2n) is 13.7. The van der Waals surface area contributed by atoms with Crippen LogP contribution in [0.25, 0.3) is 44.3 Å². The van der Waals surface area contributed by atoms with E-state index >= 15 is 0 Å². The molecule has 0 bridgehead atoms. The average molecular weight is 669 g/mol. The smallest absolute Gasteiger partial charge is 0.132 e. The number of allylic oxidation sites excluding steroid dienone is 2. The SMILES string of the molecule is C1=CCNC(c2ccc3c(c2)Oc2ccc(-c4ccc5c(c4)c4ccccc4n5-c4ccccc4)cc2C32c3ccccc3Oc3ccccc32)=C1. The average Bonchev–Trinajstić information content (AvgIpc) is 3.55. The second-order valence-corrected chi connectivity index (χ2v) is 13.7. The van der Waals surface area contributed by atoms with E-state index < -0.39 is 5.41 Å². The van der Waals surface area contributed by atoms with Crippen LogP contribution in [0.3, 0.4) is 0 Å². The molecule has 1 spiro atoms. The highest BCUT2D eigenvalue weighted by atomic mass is 16.5. The van der Waals surface area contributed by atoms with E-state index in [9.17, 15) is 0 Å². The van der Waals surface area contributed by atoms with Crippen LogP contribution in [-0.4, -0.2) is 11.1 Å². The molecule has 1 N–H and O–H groups in total. The summed E-state index contributed by atoms with van der Waals surface area (Å²) in [4.78, 5) is 0. The number of ether oxygens (including phenoxy) is 2. The van der Waals surface area contributed by atoms with E-state index in [4.69, 9.17) is 9.47 Å². The van der Waals surface area contributed by atoms with Crippen molar-refractivity contribution in [1.29, 1.82) is 0 Å². The fourth-order valence-corrected chi connectivity index (χ4v) is 8.68. The molecule has 7 aromatic carbocycles. The van der Waals surface area contributed by atoms with E-state index in [1.807, 2.05) is 0 Å². The summed E-state index contributed by atoms with van der Waals surface area (Å²) < 4.78 is 15.9. The van der Waals surface area contributed by atoms with Crippen LogP contribution in [-0.2, 0) is 5.41 Å². The number of nitrogens with zero attached hydrogens (tertiary/aromatic N) is 1. The Bertz CT molecular complexity index is 2760. The Balaban J connectivity index is 1.16. The first-order valence-corrected chi connectivity index (χ1v) is 17.8. The maximum atomic E-state index is 6.92. The Morgan fingerprint density at radius 3 is 1.92 bits per heavy atom. The van der Waals surface area contributed by atoms with Gasteiger partial charge in [0, 0.05) is 56.5 Å². The van der Waals surface area contributed by atoms with Gasteiger partial charge in [-0.2, -0.15) is 0 Å². The number of nitrogens with one attached hydrogen (secondary N) is 1. The normalized spacial score (nSPS) is 14.7. The summed E-state index contributed by atoms with van der Waals surface area (Å²) in [7, 11) is 0. The minimum Gasteiger partial charge on any atom is -0.457 e. The largest absolute Gasteiger partial charge is 0.457 e. The maximum Gasteiger partial charge on any atom is 0.132 e. The van der Waals surface area contributed by atoms with E-state index in [0.29, 0.717) is 0 Å². The van der Waals surface area contributed by atoms with Crippen molar-refractivity contribution in [3.8, 4) is 39.8 Å². The van der Waals surface area contributed by atoms with Crippen LogP contribution in [0.5, 0.6) is 23.0 Å². The molecule has 4 heteroatoms. The van der Waals surface area contributed by atoms with Gasteiger partial charge in [0.15, 0.2) is 0 Å².